The summed E-state index contributed by atoms with van der Waals surface area (Å²) in [5, 5.41) is 3.24. The zero-order valence-electron chi connectivity index (χ0n) is 12.8. The Hall–Kier alpha value is -1.31. The van der Waals surface area contributed by atoms with Crippen molar-refractivity contribution in [3.05, 3.63) is 22.7 Å². The maximum absolute atomic E-state index is 12.5. The highest BCUT2D eigenvalue weighted by atomic mass is 79.9. The number of halogens is 2. The summed E-state index contributed by atoms with van der Waals surface area (Å²) in [5.41, 5.74) is 0.644. The van der Waals surface area contributed by atoms with Crippen molar-refractivity contribution in [2.75, 3.05) is 38.2 Å². The molecule has 1 aromatic rings. The number of benzene rings is 1. The highest BCUT2D eigenvalue weighted by Gasteiger charge is 2.30. The van der Waals surface area contributed by atoms with Gasteiger partial charge in [-0.15, -0.1) is 12.4 Å². The van der Waals surface area contributed by atoms with Crippen LogP contribution in [0.5, 0.6) is 5.75 Å². The van der Waals surface area contributed by atoms with Crippen molar-refractivity contribution in [2.24, 2.45) is 0 Å². The van der Waals surface area contributed by atoms with Crippen LogP contribution in [0.25, 0.3) is 0 Å². The van der Waals surface area contributed by atoms with Gasteiger partial charge in [-0.3, -0.25) is 14.5 Å². The van der Waals surface area contributed by atoms with E-state index in [0.717, 1.165) is 24.0 Å². The molecule has 1 atom stereocenters. The Morgan fingerprint density at radius 2 is 2.30 bits per heavy atom. The molecule has 0 bridgehead atoms. The molecular formula is C15H19BrClN3O3. The fraction of sp³-hybridized carbons (Fsp3) is 0.467. The molecule has 1 aromatic carbocycles. The number of rotatable bonds is 3. The van der Waals surface area contributed by atoms with Crippen molar-refractivity contribution in [3.8, 4) is 5.75 Å². The quantitative estimate of drug-likeness (QED) is 0.828. The normalized spacial score (nSPS) is 19.7. The molecule has 2 heterocycles. The van der Waals surface area contributed by atoms with Crippen LogP contribution in [0.1, 0.15) is 6.42 Å². The summed E-state index contributed by atoms with van der Waals surface area (Å²) >= 11 is 3.38. The standard InChI is InChI=1S/C15H18BrN3O3.ClH/c1-18(11-4-5-17-7-11)14(20)8-19-12-3-2-10(16)6-13(12)22-9-15(19)21;/h2-3,6,11,17H,4-5,7-9H2,1H3;1H. The fourth-order valence-corrected chi connectivity index (χ4v) is 3.11. The molecule has 0 aliphatic carbocycles. The highest BCUT2D eigenvalue weighted by molar-refractivity contribution is 9.10. The third-order valence-corrected chi connectivity index (χ3v) is 4.63. The molecule has 0 aromatic heterocycles. The number of hydrogen-bond donors (Lipinski definition) is 1. The number of carbonyl (C=O) groups is 2. The number of amides is 2. The number of anilines is 1. The number of nitrogens with zero attached hydrogens (tertiary/aromatic N) is 2. The molecule has 1 unspecified atom stereocenters. The first-order valence-electron chi connectivity index (χ1n) is 7.25. The third-order valence-electron chi connectivity index (χ3n) is 4.13. The van der Waals surface area contributed by atoms with Gasteiger partial charge in [0.25, 0.3) is 5.91 Å². The average Bonchev–Trinajstić information content (AvgIpc) is 3.03. The van der Waals surface area contributed by atoms with Gasteiger partial charge in [0.05, 0.1) is 5.69 Å². The Kier molecular flexibility index (Phi) is 5.89. The zero-order chi connectivity index (χ0) is 15.7. The van der Waals surface area contributed by atoms with E-state index in [9.17, 15) is 9.59 Å². The van der Waals surface area contributed by atoms with Gasteiger partial charge in [-0.2, -0.15) is 0 Å². The van der Waals surface area contributed by atoms with Crippen molar-refractivity contribution in [3.63, 3.8) is 0 Å². The first-order valence-corrected chi connectivity index (χ1v) is 8.04. The van der Waals surface area contributed by atoms with Crippen molar-refractivity contribution in [1.82, 2.24) is 10.2 Å². The van der Waals surface area contributed by atoms with Gasteiger partial charge in [0, 0.05) is 24.1 Å². The van der Waals surface area contributed by atoms with E-state index in [1.807, 2.05) is 12.1 Å². The molecule has 3 rings (SSSR count). The van der Waals surface area contributed by atoms with Crippen LogP contribution in [0.3, 0.4) is 0 Å². The van der Waals surface area contributed by atoms with E-state index in [1.54, 1.807) is 18.0 Å². The van der Waals surface area contributed by atoms with Gasteiger partial charge in [-0.25, -0.2) is 0 Å². The van der Waals surface area contributed by atoms with E-state index < -0.39 is 0 Å². The van der Waals surface area contributed by atoms with Crippen LogP contribution >= 0.6 is 28.3 Å². The summed E-state index contributed by atoms with van der Waals surface area (Å²) in [6, 6.07) is 5.64. The van der Waals surface area contributed by atoms with Crippen molar-refractivity contribution < 1.29 is 14.3 Å². The smallest absolute Gasteiger partial charge is 0.265 e. The Morgan fingerprint density at radius 3 is 3.00 bits per heavy atom. The molecular weight excluding hydrogens is 386 g/mol. The summed E-state index contributed by atoms with van der Waals surface area (Å²) < 4.78 is 6.31. The number of likely N-dealkylation sites (N-methyl/N-ethyl adjacent to an activating group) is 1. The van der Waals surface area contributed by atoms with Gasteiger partial charge in [0.1, 0.15) is 12.3 Å². The Bertz CT molecular complexity index is 608. The highest BCUT2D eigenvalue weighted by Crippen LogP contribution is 2.34. The maximum Gasteiger partial charge on any atom is 0.265 e. The Labute approximate surface area is 149 Å². The lowest BCUT2D eigenvalue weighted by Gasteiger charge is -2.31. The van der Waals surface area contributed by atoms with Crippen LogP contribution in [0.4, 0.5) is 5.69 Å². The van der Waals surface area contributed by atoms with Crippen LogP contribution in [-0.4, -0.2) is 56.0 Å². The first kappa shape index (κ1) is 18.0. The molecule has 2 amide bonds. The van der Waals surface area contributed by atoms with E-state index in [1.165, 1.54) is 4.90 Å². The topological polar surface area (TPSA) is 61.9 Å². The third kappa shape index (κ3) is 3.79. The lowest BCUT2D eigenvalue weighted by molar-refractivity contribution is -0.132. The van der Waals surface area contributed by atoms with Gasteiger partial charge in [0.15, 0.2) is 6.61 Å². The van der Waals surface area contributed by atoms with Crippen LogP contribution in [0.2, 0.25) is 0 Å². The van der Waals surface area contributed by atoms with Crippen molar-refractivity contribution in [1.29, 1.82) is 0 Å². The second-order valence-corrected chi connectivity index (χ2v) is 6.45. The molecule has 0 saturated carbocycles. The van der Waals surface area contributed by atoms with Gasteiger partial charge in [-0.1, -0.05) is 15.9 Å². The average molecular weight is 405 g/mol. The molecule has 8 heteroatoms. The minimum absolute atomic E-state index is 0. The lowest BCUT2D eigenvalue weighted by atomic mass is 10.2. The minimum Gasteiger partial charge on any atom is -0.482 e. The second kappa shape index (κ2) is 7.51. The van der Waals surface area contributed by atoms with Gasteiger partial charge in [0.2, 0.25) is 5.91 Å². The number of nitrogens with one attached hydrogen (secondary N) is 1. The van der Waals surface area contributed by atoms with Gasteiger partial charge < -0.3 is 15.0 Å². The van der Waals surface area contributed by atoms with Gasteiger partial charge >= 0.3 is 0 Å². The molecule has 1 fully saturated rings. The fourth-order valence-electron chi connectivity index (χ4n) is 2.77. The summed E-state index contributed by atoms with van der Waals surface area (Å²) in [4.78, 5) is 27.8. The predicted octanol–water partition coefficient (Wildman–Crippen LogP) is 1.42. The molecule has 0 radical (unpaired) electrons. The summed E-state index contributed by atoms with van der Waals surface area (Å²) in [6.07, 6.45) is 0.947. The molecule has 1 N–H and O–H groups in total. The first-order chi connectivity index (χ1) is 10.6. The van der Waals surface area contributed by atoms with E-state index >= 15 is 0 Å². The number of hydrogen-bond acceptors (Lipinski definition) is 4. The van der Waals surface area contributed by atoms with Crippen molar-refractivity contribution in [2.45, 2.75) is 12.5 Å². The van der Waals surface area contributed by atoms with Crippen LogP contribution in [0, 0.1) is 0 Å². The molecule has 0 spiro atoms. The second-order valence-electron chi connectivity index (χ2n) is 5.53. The lowest BCUT2D eigenvalue weighted by Crippen LogP contribution is -2.48. The Morgan fingerprint density at radius 1 is 1.52 bits per heavy atom. The molecule has 126 valence electrons. The molecule has 2 aliphatic heterocycles. The van der Waals surface area contributed by atoms with Crippen LogP contribution in [0.15, 0.2) is 22.7 Å². The SMILES string of the molecule is CN(C(=O)CN1C(=O)COc2cc(Br)ccc21)C1CCNC1.Cl. The summed E-state index contributed by atoms with van der Waals surface area (Å²) in [5.74, 6) is 0.367. The molecule has 1 saturated heterocycles. The Balaban J connectivity index is 0.00000192. The maximum atomic E-state index is 12.5. The molecule has 2 aliphatic rings. The molecule has 6 nitrogen and oxygen atoms in total. The van der Waals surface area contributed by atoms with Crippen LogP contribution in [-0.2, 0) is 9.59 Å². The predicted molar refractivity (Wildman–Crippen MR) is 93.3 cm³/mol. The summed E-state index contributed by atoms with van der Waals surface area (Å²) in [6.45, 7) is 1.74. The van der Waals surface area contributed by atoms with E-state index in [4.69, 9.17) is 4.74 Å². The van der Waals surface area contributed by atoms with E-state index in [0.29, 0.717) is 11.4 Å². The van der Waals surface area contributed by atoms with Gasteiger partial charge in [-0.05, 0) is 31.2 Å². The number of fused-ring (bicyclic) bond motifs is 1. The van der Waals surface area contributed by atoms with E-state index in [-0.39, 0.29) is 43.4 Å². The largest absolute Gasteiger partial charge is 0.482 e. The number of carbonyl (C=O) groups excluding carboxylic acids is 2. The number of ether oxygens (including phenoxy) is 1. The summed E-state index contributed by atoms with van der Waals surface area (Å²) in [7, 11) is 1.80. The minimum atomic E-state index is -0.193. The zero-order valence-corrected chi connectivity index (χ0v) is 15.2. The van der Waals surface area contributed by atoms with Crippen molar-refractivity contribution >= 4 is 45.8 Å². The monoisotopic (exact) mass is 403 g/mol. The van der Waals surface area contributed by atoms with E-state index in [2.05, 4.69) is 21.2 Å². The van der Waals surface area contributed by atoms with Crippen LogP contribution < -0.4 is 15.0 Å². The molecule has 23 heavy (non-hydrogen) atoms.